The van der Waals surface area contributed by atoms with Gasteiger partial charge in [-0.25, -0.2) is 10.4 Å². The Morgan fingerprint density at radius 2 is 1.87 bits per heavy atom. The van der Waals surface area contributed by atoms with Gasteiger partial charge in [0, 0.05) is 11.1 Å². The van der Waals surface area contributed by atoms with E-state index in [2.05, 4.69) is 32.3 Å². The lowest BCUT2D eigenvalue weighted by Gasteiger charge is -2.06. The maximum atomic E-state index is 12.2. The van der Waals surface area contributed by atoms with Crippen molar-refractivity contribution in [2.24, 2.45) is 5.10 Å². The Bertz CT molecular complexity index is 1220. The molecule has 0 saturated heterocycles. The molecule has 0 saturated carbocycles. The lowest BCUT2D eigenvalue weighted by Crippen LogP contribution is -2.16. The van der Waals surface area contributed by atoms with Gasteiger partial charge in [0.25, 0.3) is 5.56 Å². The number of hydrogen-bond donors (Lipinski definition) is 3. The van der Waals surface area contributed by atoms with E-state index in [1.807, 2.05) is 36.4 Å². The van der Waals surface area contributed by atoms with Gasteiger partial charge in [-0.2, -0.15) is 10.4 Å². The summed E-state index contributed by atoms with van der Waals surface area (Å²) in [6, 6.07) is 18.2. The number of nitrogens with one attached hydrogen (secondary N) is 2. The third kappa shape index (κ3) is 5.41. The normalized spacial score (nSPS) is 10.9. The third-order valence-corrected chi connectivity index (χ3v) is 3.89. The Kier molecular flexibility index (Phi) is 6.07. The fourth-order valence-corrected chi connectivity index (χ4v) is 2.48. The molecular weight excluding hydrogens is 378 g/mol. The summed E-state index contributed by atoms with van der Waals surface area (Å²) in [4.78, 5) is 19.1. The maximum absolute atomic E-state index is 12.2. The van der Waals surface area contributed by atoms with Crippen molar-refractivity contribution >= 4 is 12.2 Å². The van der Waals surface area contributed by atoms with E-state index in [0.717, 1.165) is 11.1 Å². The smallest absolute Gasteiger partial charge is 0.270 e. The molecule has 1 aromatic heterocycles. The van der Waals surface area contributed by atoms with Gasteiger partial charge in [-0.15, -0.1) is 0 Å². The van der Waals surface area contributed by atoms with E-state index in [4.69, 9.17) is 0 Å². The zero-order valence-electron chi connectivity index (χ0n) is 16.5. The molecule has 3 aromatic rings. The minimum Gasteiger partial charge on any atom is -0.378 e. The Morgan fingerprint density at radius 1 is 1.17 bits per heavy atom. The zero-order chi connectivity index (χ0) is 21.6. The predicted molar refractivity (Wildman–Crippen MR) is 116 cm³/mol. The molecule has 0 radical (unpaired) electrons. The third-order valence-electron chi connectivity index (χ3n) is 3.89. The van der Waals surface area contributed by atoms with Crippen molar-refractivity contribution in [2.45, 2.75) is 19.4 Å². The first kappa shape index (κ1) is 20.5. The number of aliphatic hydroxyl groups is 1. The molecule has 148 valence electrons. The van der Waals surface area contributed by atoms with Crippen LogP contribution in [0.3, 0.4) is 0 Å². The van der Waals surface area contributed by atoms with Gasteiger partial charge in [-0.3, -0.25) is 9.78 Å². The van der Waals surface area contributed by atoms with Crippen molar-refractivity contribution in [2.75, 3.05) is 5.43 Å². The highest BCUT2D eigenvalue weighted by molar-refractivity contribution is 5.80. The Balaban J connectivity index is 1.78. The fourth-order valence-electron chi connectivity index (χ4n) is 2.48. The summed E-state index contributed by atoms with van der Waals surface area (Å²) in [7, 11) is 0. The first-order valence-electron chi connectivity index (χ1n) is 9.10. The number of nitrogens with zero attached hydrogens (tertiary/aromatic N) is 3. The van der Waals surface area contributed by atoms with Crippen LogP contribution in [-0.2, 0) is 0 Å². The molecule has 1 heterocycles. The standard InChI is InChI=1S/C23H19N5O2/c1-23(2,30)13-12-16-8-10-17(11-9-16)15-25-28-22-26-20(18-6-4-3-5-7-18)19(14-24)21(29)27-22/h3-11,15,30H,1-2H3,(H2,26,27,28,29). The zero-order valence-corrected chi connectivity index (χ0v) is 16.5. The summed E-state index contributed by atoms with van der Waals surface area (Å²) >= 11 is 0. The van der Waals surface area contributed by atoms with Crippen LogP contribution >= 0.6 is 0 Å². The molecule has 0 aliphatic carbocycles. The minimum atomic E-state index is -1.05. The molecule has 0 bridgehead atoms. The number of H-pyrrole nitrogens is 1. The number of benzene rings is 2. The Hall–Kier alpha value is -4.20. The van der Waals surface area contributed by atoms with Crippen LogP contribution < -0.4 is 11.0 Å². The number of rotatable bonds is 4. The summed E-state index contributed by atoms with van der Waals surface area (Å²) in [6.45, 7) is 3.24. The number of hydrogen-bond acceptors (Lipinski definition) is 6. The van der Waals surface area contributed by atoms with E-state index in [1.165, 1.54) is 0 Å². The van der Waals surface area contributed by atoms with E-state index >= 15 is 0 Å². The van der Waals surface area contributed by atoms with Crippen LogP contribution in [0.15, 0.2) is 64.5 Å². The predicted octanol–water partition coefficient (Wildman–Crippen LogP) is 2.88. The highest BCUT2D eigenvalue weighted by Crippen LogP contribution is 2.19. The molecular formula is C23H19N5O2. The second-order valence-electron chi connectivity index (χ2n) is 6.92. The average Bonchev–Trinajstić information content (AvgIpc) is 2.73. The van der Waals surface area contributed by atoms with Crippen LogP contribution in [-0.4, -0.2) is 26.9 Å². The molecule has 30 heavy (non-hydrogen) atoms. The summed E-state index contributed by atoms with van der Waals surface area (Å²) in [5, 5.41) is 23.0. The van der Waals surface area contributed by atoms with Gasteiger partial charge in [-0.05, 0) is 31.5 Å². The Morgan fingerprint density at radius 3 is 2.50 bits per heavy atom. The molecule has 0 atom stereocenters. The highest BCUT2D eigenvalue weighted by Gasteiger charge is 2.12. The van der Waals surface area contributed by atoms with Crippen molar-refractivity contribution in [1.29, 1.82) is 5.26 Å². The van der Waals surface area contributed by atoms with Crippen LogP contribution in [0.25, 0.3) is 11.3 Å². The SMILES string of the molecule is CC(C)(O)C#Cc1ccc(C=NNc2nc(-c3ccccc3)c(C#N)c(=O)[nH]2)cc1. The van der Waals surface area contributed by atoms with Gasteiger partial charge >= 0.3 is 0 Å². The molecule has 0 amide bonds. The molecule has 2 aromatic carbocycles. The van der Waals surface area contributed by atoms with Crippen molar-refractivity contribution in [3.63, 3.8) is 0 Å². The quantitative estimate of drug-likeness (QED) is 0.356. The minimum absolute atomic E-state index is 0.0570. The first-order chi connectivity index (χ1) is 14.4. The summed E-state index contributed by atoms with van der Waals surface area (Å²) < 4.78 is 0. The number of nitriles is 1. The first-order valence-corrected chi connectivity index (χ1v) is 9.10. The number of anilines is 1. The summed E-state index contributed by atoms with van der Waals surface area (Å²) in [5.74, 6) is 5.77. The highest BCUT2D eigenvalue weighted by atomic mass is 16.3. The Labute approximate surface area is 173 Å². The van der Waals surface area contributed by atoms with Crippen LogP contribution in [0.2, 0.25) is 0 Å². The lowest BCUT2D eigenvalue weighted by molar-refractivity contribution is 0.143. The van der Waals surface area contributed by atoms with Crippen LogP contribution in [0, 0.1) is 23.2 Å². The number of aromatic amines is 1. The second kappa shape index (κ2) is 8.87. The van der Waals surface area contributed by atoms with Crippen LogP contribution in [0.1, 0.15) is 30.5 Å². The van der Waals surface area contributed by atoms with Crippen molar-refractivity contribution in [3.8, 4) is 29.2 Å². The van der Waals surface area contributed by atoms with Crippen molar-refractivity contribution in [1.82, 2.24) is 9.97 Å². The fraction of sp³-hybridized carbons (Fsp3) is 0.130. The summed E-state index contributed by atoms with van der Waals surface area (Å²) in [6.07, 6.45) is 1.56. The van der Waals surface area contributed by atoms with Crippen LogP contribution in [0.5, 0.6) is 0 Å². The van der Waals surface area contributed by atoms with Gasteiger partial charge in [0.2, 0.25) is 5.95 Å². The molecule has 7 heteroatoms. The molecule has 0 spiro atoms. The van der Waals surface area contributed by atoms with E-state index in [0.29, 0.717) is 5.56 Å². The van der Waals surface area contributed by atoms with Gasteiger partial charge in [-0.1, -0.05) is 54.3 Å². The second-order valence-corrected chi connectivity index (χ2v) is 6.92. The molecule has 7 nitrogen and oxygen atoms in total. The molecule has 0 aliphatic rings. The number of hydrazone groups is 1. The molecule has 3 rings (SSSR count). The van der Waals surface area contributed by atoms with E-state index in [9.17, 15) is 15.2 Å². The molecule has 0 aliphatic heterocycles. The maximum Gasteiger partial charge on any atom is 0.270 e. The van der Waals surface area contributed by atoms with Gasteiger partial charge in [0.1, 0.15) is 17.2 Å². The molecule has 0 unspecified atom stereocenters. The monoisotopic (exact) mass is 397 g/mol. The topological polar surface area (TPSA) is 114 Å². The molecule has 0 fully saturated rings. The number of aromatic nitrogens is 2. The molecule has 3 N–H and O–H groups in total. The van der Waals surface area contributed by atoms with Crippen LogP contribution in [0.4, 0.5) is 5.95 Å². The van der Waals surface area contributed by atoms with Gasteiger partial charge in [0.15, 0.2) is 0 Å². The van der Waals surface area contributed by atoms with E-state index in [-0.39, 0.29) is 17.2 Å². The lowest BCUT2D eigenvalue weighted by atomic mass is 10.1. The van der Waals surface area contributed by atoms with E-state index < -0.39 is 11.2 Å². The van der Waals surface area contributed by atoms with Gasteiger partial charge in [0.05, 0.1) is 11.9 Å². The average molecular weight is 397 g/mol. The largest absolute Gasteiger partial charge is 0.378 e. The van der Waals surface area contributed by atoms with Crippen molar-refractivity contribution in [3.05, 3.63) is 81.6 Å². The van der Waals surface area contributed by atoms with Crippen molar-refractivity contribution < 1.29 is 5.11 Å². The van der Waals surface area contributed by atoms with E-state index in [1.54, 1.807) is 44.3 Å². The van der Waals surface area contributed by atoms with Gasteiger partial charge < -0.3 is 5.11 Å². The summed E-state index contributed by atoms with van der Waals surface area (Å²) in [5.41, 5.74) is 3.56.